The van der Waals surface area contributed by atoms with Crippen LogP contribution in [0.1, 0.15) is 31.9 Å². The minimum Gasteiger partial charge on any atom is -0.414 e. The molecule has 0 fully saturated rings. The number of benzene rings is 2. The maximum absolute atomic E-state index is 5.96. The van der Waals surface area contributed by atoms with Crippen molar-refractivity contribution in [3.8, 4) is 0 Å². The summed E-state index contributed by atoms with van der Waals surface area (Å²) in [5.41, 5.74) is 3.44. The zero-order chi connectivity index (χ0) is 17.0. The average Bonchev–Trinajstić information content (AvgIpc) is 2.52. The van der Waals surface area contributed by atoms with E-state index in [9.17, 15) is 0 Å². The number of hydrogen-bond donors (Lipinski definition) is 0. The van der Waals surface area contributed by atoms with Crippen LogP contribution in [0.5, 0.6) is 0 Å². The lowest BCUT2D eigenvalue weighted by Gasteiger charge is -2.20. The summed E-state index contributed by atoms with van der Waals surface area (Å²) in [4.78, 5) is 0. The van der Waals surface area contributed by atoms with Gasteiger partial charge in [-0.05, 0) is 42.7 Å². The summed E-state index contributed by atoms with van der Waals surface area (Å²) < 4.78 is 5.96. The van der Waals surface area contributed by atoms with Gasteiger partial charge >= 0.3 is 0 Å². The molecule has 0 aromatic heterocycles. The van der Waals surface area contributed by atoms with E-state index in [-0.39, 0.29) is 5.60 Å². The Bertz CT molecular complexity index is 650. The summed E-state index contributed by atoms with van der Waals surface area (Å²) in [5.74, 6) is 0. The van der Waals surface area contributed by atoms with Gasteiger partial charge in [0.2, 0.25) is 0 Å². The van der Waals surface area contributed by atoms with E-state index < -0.39 is 18.6 Å². The molecule has 0 aliphatic rings. The number of rotatable bonds is 5. The van der Waals surface area contributed by atoms with Crippen molar-refractivity contribution in [3.05, 3.63) is 66.2 Å². The smallest absolute Gasteiger partial charge is 0.192 e. The molecule has 122 valence electrons. The third kappa shape index (κ3) is 5.31. The highest BCUT2D eigenvalue weighted by molar-refractivity contribution is 6.70. The van der Waals surface area contributed by atoms with Gasteiger partial charge in [0.15, 0.2) is 9.76 Å². The highest BCUT2D eigenvalue weighted by Gasteiger charge is 2.10. The van der Waals surface area contributed by atoms with Crippen LogP contribution in [0.2, 0.25) is 13.1 Å². The van der Waals surface area contributed by atoms with Crippen molar-refractivity contribution in [3.63, 3.8) is 0 Å². The third-order valence-electron chi connectivity index (χ3n) is 3.90. The van der Waals surface area contributed by atoms with E-state index in [1.165, 1.54) is 21.5 Å². The molecule has 23 heavy (non-hydrogen) atoms. The van der Waals surface area contributed by atoms with Gasteiger partial charge in [-0.2, -0.15) is 0 Å². The van der Waals surface area contributed by atoms with E-state index in [0.29, 0.717) is 0 Å². The molecule has 0 N–H and O–H groups in total. The van der Waals surface area contributed by atoms with Crippen LogP contribution in [0.4, 0.5) is 0 Å². The monoisotopic (exact) mass is 340 g/mol. The van der Waals surface area contributed by atoms with Gasteiger partial charge in [0.25, 0.3) is 0 Å². The summed E-state index contributed by atoms with van der Waals surface area (Å²) in [7, 11) is -1.38. The molecule has 3 heteroatoms. The molecule has 0 spiro atoms. The Morgan fingerprint density at radius 3 is 1.83 bits per heavy atom. The van der Waals surface area contributed by atoms with Gasteiger partial charge in [-0.25, -0.2) is 0 Å². The summed E-state index contributed by atoms with van der Waals surface area (Å²) in [5, 5.41) is 2.83. The molecule has 0 aliphatic heterocycles. The van der Waals surface area contributed by atoms with E-state index in [1.807, 2.05) is 0 Å². The van der Waals surface area contributed by atoms with Gasteiger partial charge < -0.3 is 4.43 Å². The van der Waals surface area contributed by atoms with Gasteiger partial charge in [-0.15, -0.1) is 0 Å². The molecule has 1 nitrogen and oxygen atoms in total. The van der Waals surface area contributed by atoms with Crippen molar-refractivity contribution in [1.29, 1.82) is 0 Å². The Labute approximate surface area is 145 Å². The second-order valence-electron chi connectivity index (χ2n) is 7.35. The summed E-state index contributed by atoms with van der Waals surface area (Å²) in [6.07, 6.45) is 0. The van der Waals surface area contributed by atoms with Gasteiger partial charge in [-0.1, -0.05) is 73.4 Å². The lowest BCUT2D eigenvalue weighted by atomic mass is 10.00. The summed E-state index contributed by atoms with van der Waals surface area (Å²) >= 11 is 0. The molecular formula is C20H28OSi2. The third-order valence-corrected chi connectivity index (χ3v) is 7.43. The zero-order valence-corrected chi connectivity index (χ0v) is 17.6. The highest BCUT2D eigenvalue weighted by atomic mass is 28.3. The fraction of sp³-hybridized carbons (Fsp3) is 0.300. The lowest BCUT2D eigenvalue weighted by Crippen LogP contribution is -2.28. The number of hydrogen-bond acceptors (Lipinski definition) is 1. The molecule has 2 aromatic rings. The van der Waals surface area contributed by atoms with Crippen LogP contribution >= 0.6 is 0 Å². The van der Waals surface area contributed by atoms with Gasteiger partial charge in [0.05, 0.1) is 8.80 Å². The van der Waals surface area contributed by atoms with Crippen molar-refractivity contribution >= 4 is 34.5 Å². The first-order valence-electron chi connectivity index (χ1n) is 8.29. The largest absolute Gasteiger partial charge is 0.414 e. The highest BCUT2D eigenvalue weighted by Crippen LogP contribution is 2.20. The van der Waals surface area contributed by atoms with E-state index in [0.717, 1.165) is 5.57 Å². The molecule has 0 radical (unpaired) electrons. The van der Waals surface area contributed by atoms with Crippen LogP contribution in [0.3, 0.4) is 0 Å². The molecule has 0 bridgehead atoms. The Balaban J connectivity index is 2.08. The molecule has 2 aromatic carbocycles. The van der Waals surface area contributed by atoms with Crippen LogP contribution in [0, 0.1) is 0 Å². The minimum absolute atomic E-state index is 0.0457. The summed E-state index contributed by atoms with van der Waals surface area (Å²) in [6.45, 7) is 15.3. The predicted molar refractivity (Wildman–Crippen MR) is 109 cm³/mol. The minimum atomic E-state index is -0.723. The molecule has 0 heterocycles. The quantitative estimate of drug-likeness (QED) is 0.761. The fourth-order valence-electron chi connectivity index (χ4n) is 2.34. The first-order valence-corrected chi connectivity index (χ1v) is 12.5. The normalized spacial score (nSPS) is 12.3. The van der Waals surface area contributed by atoms with Gasteiger partial charge in [0, 0.05) is 5.60 Å². The van der Waals surface area contributed by atoms with Crippen molar-refractivity contribution in [2.75, 3.05) is 0 Å². The van der Waals surface area contributed by atoms with E-state index >= 15 is 0 Å². The molecule has 0 atom stereocenters. The molecular weight excluding hydrogens is 312 g/mol. The van der Waals surface area contributed by atoms with Crippen LogP contribution < -0.4 is 10.4 Å². The van der Waals surface area contributed by atoms with Crippen LogP contribution in [-0.4, -0.2) is 24.2 Å². The fourth-order valence-corrected chi connectivity index (χ4v) is 4.33. The second kappa shape index (κ2) is 7.43. The molecule has 0 amide bonds. The van der Waals surface area contributed by atoms with E-state index in [4.69, 9.17) is 4.43 Å². The zero-order valence-electron chi connectivity index (χ0n) is 15.0. The Morgan fingerprint density at radius 1 is 0.913 bits per heavy atom. The van der Waals surface area contributed by atoms with Crippen molar-refractivity contribution in [2.45, 2.75) is 39.5 Å². The average molecular weight is 341 g/mol. The second-order valence-corrected chi connectivity index (χ2v) is 11.7. The topological polar surface area (TPSA) is 9.23 Å². The van der Waals surface area contributed by atoms with Gasteiger partial charge in [-0.3, -0.25) is 0 Å². The molecule has 2 rings (SSSR count). The van der Waals surface area contributed by atoms with Crippen molar-refractivity contribution in [2.24, 2.45) is 0 Å². The standard InChI is InChI=1S/C20H28OSi2/c1-15(17-9-13-19(14-10-17)23(5)6)16-7-11-18(12-8-16)22-21-20(2,3)4/h7-14,23H,1,22H2,2-6H3. The Kier molecular flexibility index (Phi) is 5.79. The first-order chi connectivity index (χ1) is 10.8. The van der Waals surface area contributed by atoms with Crippen molar-refractivity contribution < 1.29 is 4.43 Å². The van der Waals surface area contributed by atoms with Crippen LogP contribution in [0.25, 0.3) is 5.57 Å². The maximum Gasteiger partial charge on any atom is 0.192 e. The molecule has 0 unspecified atom stereocenters. The molecule has 0 aliphatic carbocycles. The predicted octanol–water partition coefficient (Wildman–Crippen LogP) is 2.97. The van der Waals surface area contributed by atoms with Crippen LogP contribution in [-0.2, 0) is 4.43 Å². The van der Waals surface area contributed by atoms with E-state index in [1.54, 1.807) is 0 Å². The lowest BCUT2D eigenvalue weighted by molar-refractivity contribution is 0.142. The van der Waals surface area contributed by atoms with Gasteiger partial charge in [0.1, 0.15) is 0 Å². The maximum atomic E-state index is 5.96. The molecule has 0 saturated carbocycles. The van der Waals surface area contributed by atoms with E-state index in [2.05, 4.69) is 89.0 Å². The SMILES string of the molecule is C=C(c1ccc([SiH2]OC(C)(C)C)cc1)c1ccc([SiH](C)C)cc1. The Hall–Kier alpha value is -1.43. The van der Waals surface area contributed by atoms with Crippen molar-refractivity contribution in [1.82, 2.24) is 0 Å². The molecule has 0 saturated heterocycles. The van der Waals surface area contributed by atoms with Crippen LogP contribution in [0.15, 0.2) is 55.1 Å². The summed E-state index contributed by atoms with van der Waals surface area (Å²) in [6, 6.07) is 17.6. The first kappa shape index (κ1) is 17.9. The Morgan fingerprint density at radius 2 is 1.39 bits per heavy atom.